The van der Waals surface area contributed by atoms with E-state index < -0.39 is 0 Å². The number of rotatable bonds is 4. The summed E-state index contributed by atoms with van der Waals surface area (Å²) in [5, 5.41) is 4.13. The van der Waals surface area contributed by atoms with Crippen molar-refractivity contribution in [2.75, 3.05) is 25.5 Å². The van der Waals surface area contributed by atoms with Gasteiger partial charge in [-0.2, -0.15) is 0 Å². The molecule has 29 heavy (non-hydrogen) atoms. The van der Waals surface area contributed by atoms with Crippen LogP contribution in [0.3, 0.4) is 0 Å². The summed E-state index contributed by atoms with van der Waals surface area (Å²) in [6.07, 6.45) is 2.02. The fraction of sp³-hybridized carbons (Fsp3) is 0.304. The minimum atomic E-state index is -0.299. The first kappa shape index (κ1) is 19.2. The summed E-state index contributed by atoms with van der Waals surface area (Å²) < 4.78 is 18.6. The molecule has 1 fully saturated rings. The largest absolute Gasteiger partial charge is 0.497 e. The van der Waals surface area contributed by atoms with Crippen molar-refractivity contribution in [1.82, 2.24) is 9.88 Å². The lowest BCUT2D eigenvalue weighted by Crippen LogP contribution is -2.38. The summed E-state index contributed by atoms with van der Waals surface area (Å²) in [7, 11) is 1.61. The number of aromatic nitrogens is 1. The van der Waals surface area contributed by atoms with Crippen LogP contribution in [0.5, 0.6) is 5.75 Å². The molecular formula is C23H24FN3O2. The van der Waals surface area contributed by atoms with E-state index in [1.165, 1.54) is 12.1 Å². The SMILES string of the molecule is COc1ccc2nc(C(=O)N3CCC(C)CC3)cc(Nc3ccc(F)cc3)c2c1. The van der Waals surface area contributed by atoms with Gasteiger partial charge in [-0.05, 0) is 67.3 Å². The smallest absolute Gasteiger partial charge is 0.272 e. The first-order valence-electron chi connectivity index (χ1n) is 9.84. The molecule has 1 N–H and O–H groups in total. The number of likely N-dealkylation sites (tertiary alicyclic amines) is 1. The highest BCUT2D eigenvalue weighted by Crippen LogP contribution is 2.30. The summed E-state index contributed by atoms with van der Waals surface area (Å²) in [6, 6.07) is 13.4. The molecule has 2 heterocycles. The molecule has 3 aromatic rings. The Balaban J connectivity index is 1.74. The summed E-state index contributed by atoms with van der Waals surface area (Å²) in [5.74, 6) is 0.987. The van der Waals surface area contributed by atoms with Crippen molar-refractivity contribution < 1.29 is 13.9 Å². The zero-order chi connectivity index (χ0) is 20.4. The minimum absolute atomic E-state index is 0.0585. The number of anilines is 2. The number of amides is 1. The number of fused-ring (bicyclic) bond motifs is 1. The van der Waals surface area contributed by atoms with Gasteiger partial charge in [0.2, 0.25) is 0 Å². The first-order chi connectivity index (χ1) is 14.0. The average molecular weight is 393 g/mol. The second-order valence-electron chi connectivity index (χ2n) is 7.54. The number of carbonyl (C=O) groups excluding carboxylic acids is 1. The van der Waals surface area contributed by atoms with Gasteiger partial charge in [0.25, 0.3) is 5.91 Å². The molecule has 4 rings (SSSR count). The highest BCUT2D eigenvalue weighted by molar-refractivity contribution is 6.01. The molecule has 1 amide bonds. The van der Waals surface area contributed by atoms with E-state index in [-0.39, 0.29) is 11.7 Å². The number of pyridine rings is 1. The molecule has 0 saturated carbocycles. The third-order valence-corrected chi connectivity index (χ3v) is 5.43. The van der Waals surface area contributed by atoms with E-state index in [9.17, 15) is 9.18 Å². The lowest BCUT2D eigenvalue weighted by Gasteiger charge is -2.30. The Labute approximate surface area is 169 Å². The third-order valence-electron chi connectivity index (χ3n) is 5.43. The van der Waals surface area contributed by atoms with Crippen LogP contribution in [0.4, 0.5) is 15.8 Å². The van der Waals surface area contributed by atoms with Gasteiger partial charge in [0.15, 0.2) is 0 Å². The fourth-order valence-corrected chi connectivity index (χ4v) is 3.61. The second-order valence-corrected chi connectivity index (χ2v) is 7.54. The van der Waals surface area contributed by atoms with Crippen LogP contribution in [0.25, 0.3) is 10.9 Å². The van der Waals surface area contributed by atoms with Crippen LogP contribution in [0.15, 0.2) is 48.5 Å². The number of methoxy groups -OCH3 is 1. The molecule has 0 atom stereocenters. The monoisotopic (exact) mass is 393 g/mol. The van der Waals surface area contributed by atoms with Crippen LogP contribution in [0.2, 0.25) is 0 Å². The number of halogens is 1. The maximum atomic E-state index is 13.3. The Hall–Kier alpha value is -3.15. The van der Waals surface area contributed by atoms with E-state index in [1.807, 2.05) is 23.1 Å². The topological polar surface area (TPSA) is 54.5 Å². The van der Waals surface area contributed by atoms with E-state index in [0.717, 1.165) is 42.7 Å². The van der Waals surface area contributed by atoms with Crippen LogP contribution >= 0.6 is 0 Å². The molecule has 1 aliphatic rings. The minimum Gasteiger partial charge on any atom is -0.497 e. The average Bonchev–Trinajstić information content (AvgIpc) is 2.75. The van der Waals surface area contributed by atoms with Crippen molar-refractivity contribution in [3.05, 3.63) is 60.0 Å². The number of benzene rings is 2. The second kappa shape index (κ2) is 8.07. The maximum Gasteiger partial charge on any atom is 0.272 e. The lowest BCUT2D eigenvalue weighted by atomic mass is 9.99. The molecule has 0 bridgehead atoms. The molecule has 0 radical (unpaired) electrons. The lowest BCUT2D eigenvalue weighted by molar-refractivity contribution is 0.0691. The highest BCUT2D eigenvalue weighted by atomic mass is 19.1. The van der Waals surface area contributed by atoms with Gasteiger partial charge in [0, 0.05) is 24.2 Å². The van der Waals surface area contributed by atoms with E-state index in [2.05, 4.69) is 17.2 Å². The summed E-state index contributed by atoms with van der Waals surface area (Å²) in [4.78, 5) is 19.6. The molecule has 1 saturated heterocycles. The van der Waals surface area contributed by atoms with Crippen LogP contribution in [-0.2, 0) is 0 Å². The number of carbonyl (C=O) groups is 1. The molecule has 150 valence electrons. The Kier molecular flexibility index (Phi) is 5.34. The molecule has 0 aliphatic carbocycles. The third kappa shape index (κ3) is 4.16. The van der Waals surface area contributed by atoms with Gasteiger partial charge in [-0.25, -0.2) is 9.37 Å². The number of nitrogens with one attached hydrogen (secondary N) is 1. The van der Waals surface area contributed by atoms with Gasteiger partial charge in [-0.1, -0.05) is 6.92 Å². The number of piperidine rings is 1. The van der Waals surface area contributed by atoms with Gasteiger partial charge >= 0.3 is 0 Å². The molecule has 0 spiro atoms. The van der Waals surface area contributed by atoms with Crippen molar-refractivity contribution in [1.29, 1.82) is 0 Å². The molecule has 2 aromatic carbocycles. The zero-order valence-corrected chi connectivity index (χ0v) is 16.6. The number of ether oxygens (including phenoxy) is 1. The molecule has 1 aliphatic heterocycles. The van der Waals surface area contributed by atoms with Crippen molar-refractivity contribution in [3.63, 3.8) is 0 Å². The molecule has 1 aromatic heterocycles. The normalized spacial score (nSPS) is 14.8. The number of hydrogen-bond acceptors (Lipinski definition) is 4. The van der Waals surface area contributed by atoms with Gasteiger partial charge in [0.1, 0.15) is 17.3 Å². The van der Waals surface area contributed by atoms with E-state index in [4.69, 9.17) is 4.74 Å². The van der Waals surface area contributed by atoms with Crippen LogP contribution in [0, 0.1) is 11.7 Å². The first-order valence-corrected chi connectivity index (χ1v) is 9.84. The Morgan fingerprint density at radius 3 is 2.55 bits per heavy atom. The van der Waals surface area contributed by atoms with Gasteiger partial charge < -0.3 is 15.0 Å². The van der Waals surface area contributed by atoms with Gasteiger partial charge in [-0.15, -0.1) is 0 Å². The van der Waals surface area contributed by atoms with E-state index in [0.29, 0.717) is 22.9 Å². The fourth-order valence-electron chi connectivity index (χ4n) is 3.61. The summed E-state index contributed by atoms with van der Waals surface area (Å²) in [5.41, 5.74) is 2.56. The molecule has 0 unspecified atom stereocenters. The molecular weight excluding hydrogens is 369 g/mol. The molecule has 6 heteroatoms. The Morgan fingerprint density at radius 1 is 1.14 bits per heavy atom. The van der Waals surface area contributed by atoms with Gasteiger partial charge in [0.05, 0.1) is 18.3 Å². The summed E-state index contributed by atoms with van der Waals surface area (Å²) >= 11 is 0. The van der Waals surface area contributed by atoms with Crippen molar-refractivity contribution >= 4 is 28.2 Å². The maximum absolute atomic E-state index is 13.3. The Bertz CT molecular complexity index is 1030. The summed E-state index contributed by atoms with van der Waals surface area (Å²) in [6.45, 7) is 3.72. The number of hydrogen-bond donors (Lipinski definition) is 1. The molecule has 5 nitrogen and oxygen atoms in total. The highest BCUT2D eigenvalue weighted by Gasteiger charge is 2.23. The van der Waals surface area contributed by atoms with Crippen molar-refractivity contribution in [3.8, 4) is 5.75 Å². The quantitative estimate of drug-likeness (QED) is 0.678. The predicted octanol–water partition coefficient (Wildman–Crippen LogP) is 5.00. The standard InChI is InChI=1S/C23H24FN3O2/c1-15-9-11-27(12-10-15)23(28)22-14-21(25-17-5-3-16(24)4-6-17)19-13-18(29-2)7-8-20(19)26-22/h3-8,13-15H,9-12H2,1-2H3,(H,25,26). The van der Waals surface area contributed by atoms with Gasteiger partial charge in [-0.3, -0.25) is 4.79 Å². The Morgan fingerprint density at radius 2 is 1.86 bits per heavy atom. The predicted molar refractivity (Wildman–Crippen MR) is 112 cm³/mol. The van der Waals surface area contributed by atoms with E-state index >= 15 is 0 Å². The van der Waals surface area contributed by atoms with E-state index in [1.54, 1.807) is 25.3 Å². The number of nitrogens with zero attached hydrogens (tertiary/aromatic N) is 2. The van der Waals surface area contributed by atoms with Crippen LogP contribution < -0.4 is 10.1 Å². The van der Waals surface area contributed by atoms with Crippen LogP contribution in [-0.4, -0.2) is 36.0 Å². The van der Waals surface area contributed by atoms with Crippen LogP contribution in [0.1, 0.15) is 30.3 Å². The van der Waals surface area contributed by atoms with Crippen molar-refractivity contribution in [2.45, 2.75) is 19.8 Å². The van der Waals surface area contributed by atoms with Crippen molar-refractivity contribution in [2.24, 2.45) is 5.92 Å². The zero-order valence-electron chi connectivity index (χ0n) is 16.6.